The van der Waals surface area contributed by atoms with Crippen molar-refractivity contribution in [3.63, 3.8) is 0 Å². The fourth-order valence-electron chi connectivity index (χ4n) is 1.69. The highest BCUT2D eigenvalue weighted by Crippen LogP contribution is 2.26. The summed E-state index contributed by atoms with van der Waals surface area (Å²) in [6.07, 6.45) is 0. The van der Waals surface area contributed by atoms with E-state index in [1.54, 1.807) is 0 Å². The van der Waals surface area contributed by atoms with Gasteiger partial charge in [-0.05, 0) is 0 Å². The third-order valence-corrected chi connectivity index (χ3v) is 2.47. The number of ether oxygens (including phenoxy) is 2. The van der Waals surface area contributed by atoms with E-state index in [0.29, 0.717) is 36.3 Å². The zero-order valence-electron chi connectivity index (χ0n) is 9.09. The SMILES string of the molecule is [B]c1nc2c(nc1-c1ccccc1)OCCO2. The van der Waals surface area contributed by atoms with E-state index in [4.69, 9.17) is 17.3 Å². The van der Waals surface area contributed by atoms with E-state index in [2.05, 4.69) is 9.97 Å². The lowest BCUT2D eigenvalue weighted by Crippen LogP contribution is -2.23. The van der Waals surface area contributed by atoms with Crippen molar-refractivity contribution in [1.29, 1.82) is 0 Å². The van der Waals surface area contributed by atoms with Crippen LogP contribution in [-0.2, 0) is 0 Å². The molecule has 2 aromatic rings. The molecule has 0 atom stereocenters. The largest absolute Gasteiger partial charge is 0.470 e. The molecule has 0 saturated heterocycles. The minimum absolute atomic E-state index is 0.348. The Bertz CT molecular complexity index is 546. The van der Waals surface area contributed by atoms with Gasteiger partial charge in [-0.15, -0.1) is 0 Å². The molecule has 82 valence electrons. The van der Waals surface area contributed by atoms with Crippen LogP contribution < -0.4 is 15.1 Å². The average Bonchev–Trinajstić information content (AvgIpc) is 2.39. The van der Waals surface area contributed by atoms with Crippen molar-refractivity contribution in [2.45, 2.75) is 0 Å². The van der Waals surface area contributed by atoms with Gasteiger partial charge in [0.05, 0.1) is 5.69 Å². The number of hydrogen-bond acceptors (Lipinski definition) is 4. The van der Waals surface area contributed by atoms with Gasteiger partial charge in [0, 0.05) is 11.2 Å². The van der Waals surface area contributed by atoms with E-state index in [1.165, 1.54) is 0 Å². The number of fused-ring (bicyclic) bond motifs is 1. The fourth-order valence-corrected chi connectivity index (χ4v) is 1.69. The molecule has 0 amide bonds. The molecule has 0 N–H and O–H groups in total. The summed E-state index contributed by atoms with van der Waals surface area (Å²) in [5.74, 6) is 0.776. The van der Waals surface area contributed by atoms with Crippen molar-refractivity contribution >= 4 is 13.4 Å². The Morgan fingerprint density at radius 1 is 0.941 bits per heavy atom. The maximum atomic E-state index is 5.87. The molecular weight excluding hydrogens is 215 g/mol. The Morgan fingerprint density at radius 3 is 2.29 bits per heavy atom. The van der Waals surface area contributed by atoms with Crippen LogP contribution in [0.2, 0.25) is 0 Å². The Balaban J connectivity index is 2.12. The molecule has 1 aliphatic heterocycles. The Labute approximate surface area is 100 Å². The van der Waals surface area contributed by atoms with E-state index >= 15 is 0 Å². The number of aromatic nitrogens is 2. The molecule has 0 bridgehead atoms. The normalized spacial score (nSPS) is 13.4. The molecule has 4 nitrogen and oxygen atoms in total. The predicted octanol–water partition coefficient (Wildman–Crippen LogP) is 0.709. The van der Waals surface area contributed by atoms with Gasteiger partial charge in [0.1, 0.15) is 21.1 Å². The third-order valence-electron chi connectivity index (χ3n) is 2.47. The van der Waals surface area contributed by atoms with Gasteiger partial charge in [-0.2, -0.15) is 0 Å². The molecule has 3 rings (SSSR count). The molecule has 2 heterocycles. The van der Waals surface area contributed by atoms with Crippen LogP contribution in [0.25, 0.3) is 11.3 Å². The van der Waals surface area contributed by atoms with Gasteiger partial charge in [-0.1, -0.05) is 30.3 Å². The quantitative estimate of drug-likeness (QED) is 0.669. The number of rotatable bonds is 1. The van der Waals surface area contributed by atoms with Crippen LogP contribution in [-0.4, -0.2) is 31.0 Å². The summed E-state index contributed by atoms with van der Waals surface area (Å²) in [6.45, 7) is 0.964. The highest BCUT2D eigenvalue weighted by molar-refractivity contribution is 6.33. The van der Waals surface area contributed by atoms with Crippen LogP contribution in [0.5, 0.6) is 11.8 Å². The summed E-state index contributed by atoms with van der Waals surface area (Å²) in [5.41, 5.74) is 1.88. The first-order valence-corrected chi connectivity index (χ1v) is 5.33. The second kappa shape index (κ2) is 4.09. The summed E-state index contributed by atoms with van der Waals surface area (Å²) < 4.78 is 10.7. The van der Waals surface area contributed by atoms with Crippen molar-refractivity contribution < 1.29 is 9.47 Å². The van der Waals surface area contributed by atoms with Crippen LogP contribution in [0.15, 0.2) is 30.3 Å². The summed E-state index contributed by atoms with van der Waals surface area (Å²) >= 11 is 0. The molecule has 0 aliphatic carbocycles. The first kappa shape index (κ1) is 10.1. The monoisotopic (exact) mass is 224 g/mol. The van der Waals surface area contributed by atoms with E-state index in [9.17, 15) is 0 Å². The molecule has 17 heavy (non-hydrogen) atoms. The zero-order chi connectivity index (χ0) is 11.7. The van der Waals surface area contributed by atoms with E-state index in [1.807, 2.05) is 30.3 Å². The minimum atomic E-state index is 0.348. The second-order valence-electron chi connectivity index (χ2n) is 3.63. The van der Waals surface area contributed by atoms with Crippen molar-refractivity contribution in [2.75, 3.05) is 13.2 Å². The summed E-state index contributed by atoms with van der Waals surface area (Å²) in [7, 11) is 5.87. The van der Waals surface area contributed by atoms with Crippen LogP contribution in [0.4, 0.5) is 0 Å². The smallest absolute Gasteiger partial charge is 0.278 e. The molecule has 0 unspecified atom stereocenters. The first-order valence-electron chi connectivity index (χ1n) is 5.33. The van der Waals surface area contributed by atoms with Crippen molar-refractivity contribution in [3.05, 3.63) is 30.3 Å². The van der Waals surface area contributed by atoms with Gasteiger partial charge in [0.2, 0.25) is 0 Å². The van der Waals surface area contributed by atoms with Crippen molar-refractivity contribution in [2.24, 2.45) is 0 Å². The number of benzene rings is 1. The molecule has 1 aromatic heterocycles. The molecular formula is C12H9BN2O2. The maximum absolute atomic E-state index is 5.87. The third kappa shape index (κ3) is 1.84. The first-order chi connectivity index (χ1) is 8.34. The molecule has 1 aromatic carbocycles. The second-order valence-corrected chi connectivity index (χ2v) is 3.63. The minimum Gasteiger partial charge on any atom is -0.470 e. The standard InChI is InChI=1S/C12H9BN2O2/c13-10-9(8-4-2-1-3-5-8)14-11-12(15-10)17-7-6-16-11/h1-5H,6-7H2. The van der Waals surface area contributed by atoms with Gasteiger partial charge >= 0.3 is 0 Å². The molecule has 0 fully saturated rings. The van der Waals surface area contributed by atoms with Crippen LogP contribution in [0, 0.1) is 0 Å². The zero-order valence-corrected chi connectivity index (χ0v) is 9.09. The Morgan fingerprint density at radius 2 is 1.59 bits per heavy atom. The molecule has 2 radical (unpaired) electrons. The highest BCUT2D eigenvalue weighted by Gasteiger charge is 2.17. The van der Waals surface area contributed by atoms with Crippen molar-refractivity contribution in [3.8, 4) is 23.0 Å². The topological polar surface area (TPSA) is 44.2 Å². The lowest BCUT2D eigenvalue weighted by Gasteiger charge is -2.18. The lowest BCUT2D eigenvalue weighted by atomic mass is 9.97. The van der Waals surface area contributed by atoms with Gasteiger partial charge in [0.15, 0.2) is 0 Å². The number of hydrogen-bond donors (Lipinski definition) is 0. The molecule has 0 spiro atoms. The summed E-state index contributed by atoms with van der Waals surface area (Å²) in [5, 5.41) is 0. The van der Waals surface area contributed by atoms with Crippen molar-refractivity contribution in [1.82, 2.24) is 9.97 Å². The summed E-state index contributed by atoms with van der Waals surface area (Å²) in [6, 6.07) is 9.64. The molecule has 0 saturated carbocycles. The number of nitrogens with zero attached hydrogens (tertiary/aromatic N) is 2. The summed E-state index contributed by atoms with van der Waals surface area (Å²) in [4.78, 5) is 8.51. The average molecular weight is 224 g/mol. The predicted molar refractivity (Wildman–Crippen MR) is 63.8 cm³/mol. The van der Waals surface area contributed by atoms with Gasteiger partial charge in [-0.3, -0.25) is 0 Å². The lowest BCUT2D eigenvalue weighted by molar-refractivity contribution is 0.158. The van der Waals surface area contributed by atoms with Gasteiger partial charge in [0.25, 0.3) is 11.8 Å². The van der Waals surface area contributed by atoms with E-state index in [-0.39, 0.29) is 0 Å². The van der Waals surface area contributed by atoms with Crippen LogP contribution in [0.1, 0.15) is 0 Å². The van der Waals surface area contributed by atoms with Gasteiger partial charge < -0.3 is 9.47 Å². The van der Waals surface area contributed by atoms with Crippen LogP contribution >= 0.6 is 0 Å². The maximum Gasteiger partial charge on any atom is 0.278 e. The van der Waals surface area contributed by atoms with Crippen LogP contribution in [0.3, 0.4) is 0 Å². The Kier molecular flexibility index (Phi) is 2.44. The molecule has 1 aliphatic rings. The van der Waals surface area contributed by atoms with E-state index < -0.39 is 0 Å². The Hall–Kier alpha value is -2.04. The highest BCUT2D eigenvalue weighted by atomic mass is 16.6. The van der Waals surface area contributed by atoms with E-state index in [0.717, 1.165) is 5.56 Å². The van der Waals surface area contributed by atoms with Gasteiger partial charge in [-0.25, -0.2) is 9.97 Å². The fraction of sp³-hybridized carbons (Fsp3) is 0.167. The molecule has 5 heteroatoms.